The van der Waals surface area contributed by atoms with Gasteiger partial charge in [0.25, 0.3) is 11.6 Å². The van der Waals surface area contributed by atoms with Crippen LogP contribution < -0.4 is 5.32 Å². The highest BCUT2D eigenvalue weighted by molar-refractivity contribution is 9.10. The predicted octanol–water partition coefficient (Wildman–Crippen LogP) is 2.87. The molecule has 1 aliphatic rings. The number of nitrogens with zero attached hydrogens (tertiary/aromatic N) is 2. The number of halogens is 1. The van der Waals surface area contributed by atoms with E-state index in [1.165, 1.54) is 12.1 Å². The van der Waals surface area contributed by atoms with Gasteiger partial charge in [0.2, 0.25) is 0 Å². The van der Waals surface area contributed by atoms with Crippen LogP contribution in [0.15, 0.2) is 16.6 Å². The van der Waals surface area contributed by atoms with E-state index in [1.54, 1.807) is 25.7 Å². The molecule has 1 heterocycles. The van der Waals surface area contributed by atoms with Gasteiger partial charge >= 0.3 is 6.09 Å². The van der Waals surface area contributed by atoms with Crippen molar-refractivity contribution in [3.63, 3.8) is 0 Å². The maximum atomic E-state index is 12.4. The third-order valence-corrected chi connectivity index (χ3v) is 4.68. The van der Waals surface area contributed by atoms with Crippen molar-refractivity contribution >= 4 is 33.6 Å². The Balaban J connectivity index is 1.59. The Hall–Kier alpha value is -2.24. The smallest absolute Gasteiger partial charge is 0.407 e. The minimum Gasteiger partial charge on any atom is -0.444 e. The normalized spacial score (nSPS) is 13.3. The average molecular weight is 488 g/mol. The minimum absolute atomic E-state index is 0.0574. The van der Waals surface area contributed by atoms with E-state index in [2.05, 4.69) is 21.2 Å². The molecule has 166 valence electrons. The lowest BCUT2D eigenvalue weighted by Gasteiger charge is -2.19. The first-order valence-electron chi connectivity index (χ1n) is 9.47. The lowest BCUT2D eigenvalue weighted by Crippen LogP contribution is -2.34. The van der Waals surface area contributed by atoms with E-state index in [-0.39, 0.29) is 16.1 Å². The lowest BCUT2D eigenvalue weighted by atomic mass is 10.1. The standard InChI is InChI=1S/C19H26BrN3O7/c1-19(2,3)30-18(25)21-4-6-28-8-9-29-7-5-22-12-13-10-16(23(26)27)15(20)11-14(13)17(22)24/h10-11H,4-9,12H2,1-3H3,(H,21,25). The van der Waals surface area contributed by atoms with Gasteiger partial charge in [0.15, 0.2) is 0 Å². The molecule has 1 aliphatic heterocycles. The van der Waals surface area contributed by atoms with Crippen molar-refractivity contribution in [1.29, 1.82) is 0 Å². The van der Waals surface area contributed by atoms with Crippen LogP contribution in [0.2, 0.25) is 0 Å². The summed E-state index contributed by atoms with van der Waals surface area (Å²) in [4.78, 5) is 36.0. The fraction of sp³-hybridized carbons (Fsp3) is 0.579. The number of carbonyl (C=O) groups is 2. The zero-order valence-electron chi connectivity index (χ0n) is 17.2. The van der Waals surface area contributed by atoms with Crippen LogP contribution in [-0.2, 0) is 20.8 Å². The van der Waals surface area contributed by atoms with Crippen LogP contribution >= 0.6 is 15.9 Å². The molecule has 1 aromatic rings. The molecule has 2 amide bonds. The third kappa shape index (κ3) is 7.22. The molecule has 0 aliphatic carbocycles. The molecule has 30 heavy (non-hydrogen) atoms. The van der Waals surface area contributed by atoms with Gasteiger partial charge in [-0.3, -0.25) is 14.9 Å². The molecule has 1 aromatic carbocycles. The molecule has 1 N–H and O–H groups in total. The Morgan fingerprint density at radius 1 is 1.23 bits per heavy atom. The Morgan fingerprint density at radius 3 is 2.53 bits per heavy atom. The number of carbonyl (C=O) groups excluding carboxylic acids is 2. The highest BCUT2D eigenvalue weighted by atomic mass is 79.9. The summed E-state index contributed by atoms with van der Waals surface area (Å²) in [5.74, 6) is -0.173. The van der Waals surface area contributed by atoms with E-state index in [9.17, 15) is 19.7 Å². The van der Waals surface area contributed by atoms with E-state index in [0.717, 1.165) is 0 Å². The molecule has 0 saturated carbocycles. The maximum Gasteiger partial charge on any atom is 0.407 e. The Bertz CT molecular complexity index is 795. The second kappa shape index (κ2) is 10.7. The highest BCUT2D eigenvalue weighted by Crippen LogP contribution is 2.33. The van der Waals surface area contributed by atoms with Crippen molar-refractivity contribution in [2.75, 3.05) is 39.5 Å². The molecule has 0 fully saturated rings. The predicted molar refractivity (Wildman–Crippen MR) is 111 cm³/mol. The van der Waals surface area contributed by atoms with Crippen LogP contribution in [0.3, 0.4) is 0 Å². The lowest BCUT2D eigenvalue weighted by molar-refractivity contribution is -0.385. The zero-order valence-corrected chi connectivity index (χ0v) is 18.8. The molecule has 10 nitrogen and oxygen atoms in total. The first kappa shape index (κ1) is 24.0. The number of ether oxygens (including phenoxy) is 3. The molecule has 0 unspecified atom stereocenters. The van der Waals surface area contributed by atoms with Crippen LogP contribution in [0.5, 0.6) is 0 Å². The number of nitrogens with one attached hydrogen (secondary N) is 1. The van der Waals surface area contributed by atoms with Gasteiger partial charge in [-0.1, -0.05) is 0 Å². The summed E-state index contributed by atoms with van der Waals surface area (Å²) in [5.41, 5.74) is 0.504. The van der Waals surface area contributed by atoms with Gasteiger partial charge in [-0.25, -0.2) is 4.79 Å². The number of fused-ring (bicyclic) bond motifs is 1. The number of rotatable bonds is 10. The Kier molecular flexibility index (Phi) is 8.56. The van der Waals surface area contributed by atoms with Crippen molar-refractivity contribution in [3.8, 4) is 0 Å². The summed E-state index contributed by atoms with van der Waals surface area (Å²) in [6, 6.07) is 2.92. The van der Waals surface area contributed by atoms with Crippen molar-refractivity contribution in [1.82, 2.24) is 10.2 Å². The van der Waals surface area contributed by atoms with Crippen LogP contribution in [0.4, 0.5) is 10.5 Å². The second-order valence-electron chi connectivity index (χ2n) is 7.60. The van der Waals surface area contributed by atoms with Crippen molar-refractivity contribution in [2.45, 2.75) is 32.9 Å². The number of hydrogen-bond acceptors (Lipinski definition) is 7. The van der Waals surface area contributed by atoms with Gasteiger partial charge in [0.1, 0.15) is 5.60 Å². The molecular weight excluding hydrogens is 462 g/mol. The van der Waals surface area contributed by atoms with Crippen molar-refractivity contribution in [3.05, 3.63) is 37.8 Å². The maximum absolute atomic E-state index is 12.4. The number of amides is 2. The average Bonchev–Trinajstić information content (AvgIpc) is 2.93. The van der Waals surface area contributed by atoms with Crippen LogP contribution in [0.1, 0.15) is 36.7 Å². The number of benzene rings is 1. The monoisotopic (exact) mass is 487 g/mol. The van der Waals surface area contributed by atoms with E-state index in [0.29, 0.717) is 57.2 Å². The quantitative estimate of drug-likeness (QED) is 0.306. The summed E-state index contributed by atoms with van der Waals surface area (Å²) in [6.07, 6.45) is -0.490. The van der Waals surface area contributed by atoms with Gasteiger partial charge in [-0.2, -0.15) is 0 Å². The zero-order chi connectivity index (χ0) is 22.3. The molecular formula is C19H26BrN3O7. The van der Waals surface area contributed by atoms with E-state index in [4.69, 9.17) is 14.2 Å². The number of nitro groups is 1. The van der Waals surface area contributed by atoms with Gasteiger partial charge in [-0.15, -0.1) is 0 Å². The minimum atomic E-state index is -0.540. The molecule has 0 aromatic heterocycles. The van der Waals surface area contributed by atoms with Gasteiger partial charge in [0.05, 0.1) is 35.8 Å². The third-order valence-electron chi connectivity index (χ3n) is 4.04. The SMILES string of the molecule is CC(C)(C)OC(=O)NCCOCCOCCN1Cc2cc([N+](=O)[O-])c(Br)cc2C1=O. The molecule has 11 heteroatoms. The van der Waals surface area contributed by atoms with E-state index >= 15 is 0 Å². The Labute approximate surface area is 183 Å². The summed E-state index contributed by atoms with van der Waals surface area (Å²) in [7, 11) is 0. The molecule has 0 bridgehead atoms. The number of alkyl carbamates (subject to hydrolysis) is 1. The molecule has 2 rings (SSSR count). The summed E-state index contributed by atoms with van der Waals surface area (Å²) in [5, 5.41) is 13.6. The largest absolute Gasteiger partial charge is 0.444 e. The van der Waals surface area contributed by atoms with Crippen LogP contribution in [0, 0.1) is 10.1 Å². The van der Waals surface area contributed by atoms with Gasteiger partial charge < -0.3 is 24.4 Å². The molecule has 0 atom stereocenters. The summed E-state index contributed by atoms with van der Waals surface area (Å²) < 4.78 is 16.2. The summed E-state index contributed by atoms with van der Waals surface area (Å²) in [6.45, 7) is 7.74. The fourth-order valence-electron chi connectivity index (χ4n) is 2.74. The molecule has 0 spiro atoms. The first-order valence-corrected chi connectivity index (χ1v) is 10.3. The molecule has 0 saturated heterocycles. The summed E-state index contributed by atoms with van der Waals surface area (Å²) >= 11 is 3.14. The van der Waals surface area contributed by atoms with Crippen LogP contribution in [0.25, 0.3) is 0 Å². The topological polar surface area (TPSA) is 120 Å². The van der Waals surface area contributed by atoms with Crippen molar-refractivity contribution < 1.29 is 28.7 Å². The number of nitro benzene ring substituents is 1. The first-order chi connectivity index (χ1) is 14.1. The Morgan fingerprint density at radius 2 is 1.90 bits per heavy atom. The second-order valence-corrected chi connectivity index (χ2v) is 8.45. The van der Waals surface area contributed by atoms with Gasteiger partial charge in [0, 0.05) is 31.3 Å². The van der Waals surface area contributed by atoms with E-state index < -0.39 is 16.6 Å². The highest BCUT2D eigenvalue weighted by Gasteiger charge is 2.30. The van der Waals surface area contributed by atoms with Crippen molar-refractivity contribution in [2.24, 2.45) is 0 Å². The van der Waals surface area contributed by atoms with Crippen LogP contribution in [-0.4, -0.2) is 66.9 Å². The van der Waals surface area contributed by atoms with Gasteiger partial charge in [-0.05, 0) is 48.3 Å². The number of hydrogen-bond donors (Lipinski definition) is 1. The fourth-order valence-corrected chi connectivity index (χ4v) is 3.23. The van der Waals surface area contributed by atoms with E-state index in [1.807, 2.05) is 0 Å². The molecule has 0 radical (unpaired) electrons.